The molecule has 3 heteroatoms. The number of benzene rings is 2. The van der Waals surface area contributed by atoms with Gasteiger partial charge in [0.25, 0.3) is 0 Å². The SMILES string of the molecule is Cc1ccc(C2COc3cc(Br)ccc3N2C)c(C)c1. The number of halogens is 1. The molecule has 0 aromatic heterocycles. The van der Waals surface area contributed by atoms with Gasteiger partial charge in [0.05, 0.1) is 11.7 Å². The molecular weight excluding hydrogens is 314 g/mol. The Balaban J connectivity index is 1.99. The third-order valence-electron chi connectivity index (χ3n) is 3.95. The van der Waals surface area contributed by atoms with E-state index in [2.05, 4.69) is 72.1 Å². The summed E-state index contributed by atoms with van der Waals surface area (Å²) in [4.78, 5) is 2.31. The lowest BCUT2D eigenvalue weighted by atomic mass is 9.97. The van der Waals surface area contributed by atoms with Gasteiger partial charge in [-0.3, -0.25) is 0 Å². The maximum atomic E-state index is 5.96. The standard InChI is InChI=1S/C17H18BrNO/c1-11-4-6-14(12(2)8-11)16-10-20-17-9-13(18)5-7-15(17)19(16)3/h4-9,16H,10H2,1-3H3. The van der Waals surface area contributed by atoms with E-state index in [0.29, 0.717) is 6.61 Å². The van der Waals surface area contributed by atoms with E-state index in [0.717, 1.165) is 15.9 Å². The number of nitrogens with zero attached hydrogens (tertiary/aromatic N) is 1. The molecule has 0 bridgehead atoms. The summed E-state index contributed by atoms with van der Waals surface area (Å²) in [5.41, 5.74) is 5.11. The summed E-state index contributed by atoms with van der Waals surface area (Å²) in [6.07, 6.45) is 0. The smallest absolute Gasteiger partial charge is 0.143 e. The highest BCUT2D eigenvalue weighted by atomic mass is 79.9. The van der Waals surface area contributed by atoms with Crippen LogP contribution in [0.1, 0.15) is 22.7 Å². The van der Waals surface area contributed by atoms with E-state index in [1.807, 2.05) is 6.07 Å². The van der Waals surface area contributed by atoms with E-state index in [-0.39, 0.29) is 6.04 Å². The second kappa shape index (κ2) is 5.13. The summed E-state index contributed by atoms with van der Waals surface area (Å²) in [7, 11) is 2.14. The maximum Gasteiger partial charge on any atom is 0.143 e. The summed E-state index contributed by atoms with van der Waals surface area (Å²) in [6, 6.07) is 13.1. The Morgan fingerprint density at radius 1 is 1.15 bits per heavy atom. The van der Waals surface area contributed by atoms with Gasteiger partial charge in [-0.15, -0.1) is 0 Å². The van der Waals surface area contributed by atoms with Crippen molar-refractivity contribution in [3.63, 3.8) is 0 Å². The fourth-order valence-electron chi connectivity index (χ4n) is 2.84. The van der Waals surface area contributed by atoms with Crippen LogP contribution >= 0.6 is 15.9 Å². The molecule has 0 spiro atoms. The van der Waals surface area contributed by atoms with Crippen LogP contribution in [0.4, 0.5) is 5.69 Å². The number of aryl methyl sites for hydroxylation is 2. The molecule has 2 aromatic carbocycles. The van der Waals surface area contributed by atoms with Crippen LogP contribution in [0.3, 0.4) is 0 Å². The normalized spacial score (nSPS) is 17.6. The zero-order valence-electron chi connectivity index (χ0n) is 12.0. The van der Waals surface area contributed by atoms with E-state index in [1.165, 1.54) is 16.7 Å². The number of rotatable bonds is 1. The van der Waals surface area contributed by atoms with Crippen LogP contribution in [0.25, 0.3) is 0 Å². The van der Waals surface area contributed by atoms with Crippen LogP contribution in [0.15, 0.2) is 40.9 Å². The van der Waals surface area contributed by atoms with Crippen molar-refractivity contribution >= 4 is 21.6 Å². The van der Waals surface area contributed by atoms with Crippen LogP contribution in [0.2, 0.25) is 0 Å². The maximum absolute atomic E-state index is 5.96. The van der Waals surface area contributed by atoms with Gasteiger partial charge < -0.3 is 9.64 Å². The molecule has 2 nitrogen and oxygen atoms in total. The van der Waals surface area contributed by atoms with Gasteiger partial charge in [0.1, 0.15) is 12.4 Å². The Bertz CT molecular complexity index is 653. The van der Waals surface area contributed by atoms with Gasteiger partial charge in [0.2, 0.25) is 0 Å². The van der Waals surface area contributed by atoms with Gasteiger partial charge in [-0.05, 0) is 43.2 Å². The molecule has 0 radical (unpaired) electrons. The average Bonchev–Trinajstić information content (AvgIpc) is 2.40. The van der Waals surface area contributed by atoms with Crippen molar-refractivity contribution in [3.8, 4) is 5.75 Å². The quantitative estimate of drug-likeness (QED) is 0.755. The molecule has 0 fully saturated rings. The van der Waals surface area contributed by atoms with E-state index in [1.54, 1.807) is 0 Å². The van der Waals surface area contributed by atoms with Crippen molar-refractivity contribution in [1.82, 2.24) is 0 Å². The highest BCUT2D eigenvalue weighted by Crippen LogP contribution is 2.40. The second-order valence-electron chi connectivity index (χ2n) is 5.41. The molecule has 0 N–H and O–H groups in total. The Kier molecular flexibility index (Phi) is 3.47. The van der Waals surface area contributed by atoms with Gasteiger partial charge in [0, 0.05) is 11.5 Å². The number of likely N-dealkylation sites (N-methyl/N-ethyl adjacent to an activating group) is 1. The zero-order chi connectivity index (χ0) is 14.3. The second-order valence-corrected chi connectivity index (χ2v) is 6.33. The number of fused-ring (bicyclic) bond motifs is 1. The third-order valence-corrected chi connectivity index (χ3v) is 4.44. The van der Waals surface area contributed by atoms with Gasteiger partial charge in [0.15, 0.2) is 0 Å². The Morgan fingerprint density at radius 3 is 2.70 bits per heavy atom. The lowest BCUT2D eigenvalue weighted by molar-refractivity contribution is 0.268. The van der Waals surface area contributed by atoms with Crippen molar-refractivity contribution in [2.45, 2.75) is 19.9 Å². The van der Waals surface area contributed by atoms with Crippen LogP contribution in [-0.2, 0) is 0 Å². The fourth-order valence-corrected chi connectivity index (χ4v) is 3.18. The van der Waals surface area contributed by atoms with E-state index in [4.69, 9.17) is 4.74 Å². The fraction of sp³-hybridized carbons (Fsp3) is 0.294. The monoisotopic (exact) mass is 331 g/mol. The number of anilines is 1. The van der Waals surface area contributed by atoms with Crippen LogP contribution < -0.4 is 9.64 Å². The van der Waals surface area contributed by atoms with Crippen molar-refractivity contribution in [1.29, 1.82) is 0 Å². The van der Waals surface area contributed by atoms with Crippen molar-refractivity contribution in [3.05, 3.63) is 57.6 Å². The molecule has 104 valence electrons. The number of hydrogen-bond acceptors (Lipinski definition) is 2. The molecular formula is C17H18BrNO. The molecule has 1 aliphatic heterocycles. The molecule has 2 aromatic rings. The molecule has 1 unspecified atom stereocenters. The average molecular weight is 332 g/mol. The molecule has 0 amide bonds. The largest absolute Gasteiger partial charge is 0.489 e. The molecule has 0 saturated carbocycles. The summed E-state index contributed by atoms with van der Waals surface area (Å²) in [5.74, 6) is 0.947. The van der Waals surface area contributed by atoms with Gasteiger partial charge in [-0.2, -0.15) is 0 Å². The topological polar surface area (TPSA) is 12.5 Å². The first-order chi connectivity index (χ1) is 9.56. The van der Waals surface area contributed by atoms with Gasteiger partial charge in [-0.25, -0.2) is 0 Å². The minimum absolute atomic E-state index is 0.268. The Morgan fingerprint density at radius 2 is 1.95 bits per heavy atom. The van der Waals surface area contributed by atoms with E-state index >= 15 is 0 Å². The molecule has 0 aliphatic carbocycles. The lowest BCUT2D eigenvalue weighted by Crippen LogP contribution is -2.33. The highest BCUT2D eigenvalue weighted by Gasteiger charge is 2.27. The van der Waals surface area contributed by atoms with Gasteiger partial charge in [-0.1, -0.05) is 39.7 Å². The first-order valence-electron chi connectivity index (χ1n) is 6.78. The van der Waals surface area contributed by atoms with Crippen molar-refractivity contribution in [2.75, 3.05) is 18.6 Å². The molecule has 3 rings (SSSR count). The summed E-state index contributed by atoms with van der Waals surface area (Å²) in [6.45, 7) is 4.99. The van der Waals surface area contributed by atoms with Crippen molar-refractivity contribution < 1.29 is 4.74 Å². The first-order valence-corrected chi connectivity index (χ1v) is 7.58. The molecule has 1 atom stereocenters. The predicted octanol–water partition coefficient (Wildman–Crippen LogP) is 4.64. The number of ether oxygens (including phenoxy) is 1. The molecule has 1 aliphatic rings. The summed E-state index contributed by atoms with van der Waals surface area (Å²) in [5, 5.41) is 0. The molecule has 0 saturated heterocycles. The summed E-state index contributed by atoms with van der Waals surface area (Å²) >= 11 is 3.49. The van der Waals surface area contributed by atoms with Crippen LogP contribution in [0, 0.1) is 13.8 Å². The van der Waals surface area contributed by atoms with E-state index in [9.17, 15) is 0 Å². The predicted molar refractivity (Wildman–Crippen MR) is 86.7 cm³/mol. The van der Waals surface area contributed by atoms with E-state index < -0.39 is 0 Å². The van der Waals surface area contributed by atoms with Gasteiger partial charge >= 0.3 is 0 Å². The Labute approximate surface area is 128 Å². The first kappa shape index (κ1) is 13.5. The van der Waals surface area contributed by atoms with Crippen molar-refractivity contribution in [2.24, 2.45) is 0 Å². The minimum Gasteiger partial charge on any atom is -0.489 e. The minimum atomic E-state index is 0.268. The molecule has 20 heavy (non-hydrogen) atoms. The highest BCUT2D eigenvalue weighted by molar-refractivity contribution is 9.10. The lowest BCUT2D eigenvalue weighted by Gasteiger charge is -2.37. The Hall–Kier alpha value is -1.48. The number of hydrogen-bond donors (Lipinski definition) is 0. The summed E-state index contributed by atoms with van der Waals surface area (Å²) < 4.78 is 7.01. The zero-order valence-corrected chi connectivity index (χ0v) is 13.6. The third kappa shape index (κ3) is 2.31. The molecule has 1 heterocycles. The van der Waals surface area contributed by atoms with Crippen LogP contribution in [0.5, 0.6) is 5.75 Å². The van der Waals surface area contributed by atoms with Crippen LogP contribution in [-0.4, -0.2) is 13.7 Å².